The van der Waals surface area contributed by atoms with E-state index >= 15 is 0 Å². The number of imidazole rings is 1. The lowest BCUT2D eigenvalue weighted by atomic mass is 9.72. The largest absolute Gasteiger partial charge is 0.391 e. The molecule has 2 N–H and O–H groups in total. The van der Waals surface area contributed by atoms with Gasteiger partial charge in [0.1, 0.15) is 18.2 Å². The highest BCUT2D eigenvalue weighted by molar-refractivity contribution is 6.46. The molecular formula is C31H29BF3N4O2. The minimum absolute atomic E-state index is 0.142. The number of hydrogen-bond donors (Lipinski definition) is 2. The summed E-state index contributed by atoms with van der Waals surface area (Å²) < 4.78 is 42.1. The zero-order valence-electron chi connectivity index (χ0n) is 22.2. The third kappa shape index (κ3) is 7.06. The smallest absolute Gasteiger partial charge is 0.352 e. The van der Waals surface area contributed by atoms with Crippen molar-refractivity contribution in [2.24, 2.45) is 5.92 Å². The number of amides is 2. The number of halogens is 3. The van der Waals surface area contributed by atoms with E-state index in [1.165, 1.54) is 24.3 Å². The summed E-state index contributed by atoms with van der Waals surface area (Å²) in [6.07, 6.45) is 6.51. The Kier molecular flexibility index (Phi) is 8.87. The van der Waals surface area contributed by atoms with Crippen molar-refractivity contribution in [1.29, 1.82) is 0 Å². The van der Waals surface area contributed by atoms with E-state index < -0.39 is 23.6 Å². The molecule has 1 fully saturated rings. The predicted molar refractivity (Wildman–Crippen MR) is 150 cm³/mol. The van der Waals surface area contributed by atoms with Crippen molar-refractivity contribution < 1.29 is 22.7 Å². The molecule has 1 radical (unpaired) electrons. The van der Waals surface area contributed by atoms with E-state index in [1.807, 2.05) is 12.1 Å². The average molecular weight is 557 g/mol. The van der Waals surface area contributed by atoms with Crippen LogP contribution in [-0.2, 0) is 16.1 Å². The van der Waals surface area contributed by atoms with Gasteiger partial charge in [-0.15, -0.1) is 0 Å². The van der Waals surface area contributed by atoms with Crippen LogP contribution >= 0.6 is 0 Å². The number of rotatable bonds is 9. The lowest BCUT2D eigenvalue weighted by molar-refractivity contribution is -0.127. The Morgan fingerprint density at radius 2 is 1.56 bits per heavy atom. The van der Waals surface area contributed by atoms with Crippen molar-refractivity contribution >= 4 is 24.8 Å². The van der Waals surface area contributed by atoms with Crippen LogP contribution in [0.1, 0.15) is 47.9 Å². The summed E-state index contributed by atoms with van der Waals surface area (Å²) in [5, 5.41) is 6.20. The third-order valence-electron chi connectivity index (χ3n) is 7.62. The van der Waals surface area contributed by atoms with Gasteiger partial charge in [0.2, 0.25) is 11.8 Å². The maximum atomic E-state index is 13.9. The fourth-order valence-electron chi connectivity index (χ4n) is 5.54. The van der Waals surface area contributed by atoms with E-state index in [0.29, 0.717) is 43.4 Å². The molecule has 0 bridgehead atoms. The Bertz CT molecular complexity index is 1400. The minimum Gasteiger partial charge on any atom is -0.352 e. The van der Waals surface area contributed by atoms with E-state index in [1.54, 1.807) is 59.7 Å². The van der Waals surface area contributed by atoms with Crippen molar-refractivity contribution in [3.63, 3.8) is 0 Å². The van der Waals surface area contributed by atoms with Gasteiger partial charge < -0.3 is 19.5 Å². The maximum absolute atomic E-state index is 13.9. The fraction of sp³-hybridized carbons (Fsp3) is 0.258. The van der Waals surface area contributed by atoms with E-state index in [4.69, 9.17) is 0 Å². The third-order valence-corrected chi connectivity index (χ3v) is 7.62. The number of hydrogen-bond acceptors (Lipinski definition) is 3. The summed E-state index contributed by atoms with van der Waals surface area (Å²) in [6, 6.07) is 17.8. The van der Waals surface area contributed by atoms with Crippen LogP contribution in [0.3, 0.4) is 0 Å². The fourth-order valence-corrected chi connectivity index (χ4v) is 5.54. The van der Waals surface area contributed by atoms with E-state index in [9.17, 15) is 22.7 Å². The molecule has 1 aliphatic rings. The molecule has 0 spiro atoms. The van der Waals surface area contributed by atoms with Gasteiger partial charge in [-0.05, 0) is 71.6 Å². The number of benzene rings is 3. The second-order valence-corrected chi connectivity index (χ2v) is 10.3. The van der Waals surface area contributed by atoms with E-state index in [2.05, 4.69) is 15.6 Å². The molecule has 1 aliphatic carbocycles. The Morgan fingerprint density at radius 1 is 0.927 bits per heavy atom. The molecule has 1 saturated carbocycles. The SMILES string of the molecule is O=C(Cn1ccnc1)N[C@@H]1CC[C@@H](C(=O)NC(c2ccc(F)cc2)c2ccc(F)cc2)[C@H](c2ccc([B]F)cc2)C1. The quantitative estimate of drug-likeness (QED) is 0.301. The summed E-state index contributed by atoms with van der Waals surface area (Å²) in [5.41, 5.74) is 2.60. The lowest BCUT2D eigenvalue weighted by Gasteiger charge is -2.37. The van der Waals surface area contributed by atoms with Crippen molar-refractivity contribution in [2.75, 3.05) is 0 Å². The highest BCUT2D eigenvalue weighted by Gasteiger charge is 2.37. The predicted octanol–water partition coefficient (Wildman–Crippen LogP) is 4.35. The first-order valence-electron chi connectivity index (χ1n) is 13.5. The molecule has 3 aromatic carbocycles. The van der Waals surface area contributed by atoms with Crippen LogP contribution in [0.5, 0.6) is 0 Å². The van der Waals surface area contributed by atoms with Crippen LogP contribution in [0.15, 0.2) is 91.5 Å². The number of carbonyl (C=O) groups is 2. The van der Waals surface area contributed by atoms with Crippen molar-refractivity contribution in [1.82, 2.24) is 20.2 Å². The van der Waals surface area contributed by atoms with E-state index in [-0.39, 0.29) is 30.3 Å². The second kappa shape index (κ2) is 12.9. The van der Waals surface area contributed by atoms with Gasteiger partial charge in [0, 0.05) is 24.4 Å². The van der Waals surface area contributed by atoms with Gasteiger partial charge in [0.15, 0.2) is 0 Å². The topological polar surface area (TPSA) is 76.0 Å². The van der Waals surface area contributed by atoms with Crippen molar-refractivity contribution in [2.45, 2.75) is 43.8 Å². The number of nitrogens with one attached hydrogen (secondary N) is 2. The van der Waals surface area contributed by atoms with Gasteiger partial charge in [0.25, 0.3) is 0 Å². The normalized spacial score (nSPS) is 18.6. The Balaban J connectivity index is 1.38. The zero-order valence-corrected chi connectivity index (χ0v) is 22.2. The monoisotopic (exact) mass is 557 g/mol. The Labute approximate surface area is 237 Å². The van der Waals surface area contributed by atoms with Gasteiger partial charge >= 0.3 is 7.56 Å². The highest BCUT2D eigenvalue weighted by atomic mass is 19.1. The number of nitrogens with zero attached hydrogens (tertiary/aromatic N) is 2. The first-order chi connectivity index (χ1) is 19.9. The molecule has 1 heterocycles. The summed E-state index contributed by atoms with van der Waals surface area (Å²) in [5.74, 6) is -1.86. The van der Waals surface area contributed by atoms with E-state index in [0.717, 1.165) is 5.56 Å². The van der Waals surface area contributed by atoms with Crippen LogP contribution in [0, 0.1) is 17.6 Å². The molecule has 41 heavy (non-hydrogen) atoms. The minimum atomic E-state index is -0.625. The van der Waals surface area contributed by atoms with Gasteiger partial charge in [-0.2, -0.15) is 0 Å². The summed E-state index contributed by atoms with van der Waals surface area (Å²) >= 11 is 0. The van der Waals surface area contributed by atoms with Crippen LogP contribution < -0.4 is 16.1 Å². The van der Waals surface area contributed by atoms with Crippen molar-refractivity contribution in [3.8, 4) is 0 Å². The average Bonchev–Trinajstić information content (AvgIpc) is 3.50. The lowest BCUT2D eigenvalue weighted by Crippen LogP contribution is -2.45. The zero-order chi connectivity index (χ0) is 28.8. The molecule has 4 aromatic rings. The standard InChI is InChI=1S/C31H29BF3N4O2/c33-24-9-3-21(4-10-24)30(22-5-11-25(34)12-6-22)38-31(41)27-14-13-26(37-29(40)18-39-16-15-36-19-39)17-28(27)20-1-7-23(32-35)8-2-20/h1-12,15-16,19,26-28,30H,13-14,17-18H2,(H,37,40)(H,38,41)/t26-,27-,28+/m1/s1. The summed E-state index contributed by atoms with van der Waals surface area (Å²) in [4.78, 5) is 30.6. The molecular weight excluding hydrogens is 528 g/mol. The highest BCUT2D eigenvalue weighted by Crippen LogP contribution is 2.39. The molecule has 0 saturated heterocycles. The molecule has 5 rings (SSSR count). The molecule has 209 valence electrons. The van der Waals surface area contributed by atoms with Crippen molar-refractivity contribution in [3.05, 3.63) is 120 Å². The van der Waals surface area contributed by atoms with Gasteiger partial charge in [-0.1, -0.05) is 48.5 Å². The van der Waals surface area contributed by atoms with Crippen LogP contribution in [0.4, 0.5) is 13.1 Å². The second-order valence-electron chi connectivity index (χ2n) is 10.3. The molecule has 1 aromatic heterocycles. The van der Waals surface area contributed by atoms with Crippen LogP contribution in [0.2, 0.25) is 0 Å². The van der Waals surface area contributed by atoms with Crippen LogP contribution in [0.25, 0.3) is 0 Å². The van der Waals surface area contributed by atoms with Gasteiger partial charge in [-0.25, -0.2) is 13.8 Å². The molecule has 0 aliphatic heterocycles. The van der Waals surface area contributed by atoms with Gasteiger partial charge in [-0.3, -0.25) is 9.59 Å². The molecule has 0 unspecified atom stereocenters. The Morgan fingerprint density at radius 3 is 2.12 bits per heavy atom. The first kappa shape index (κ1) is 28.2. The molecule has 6 nitrogen and oxygen atoms in total. The number of aromatic nitrogens is 2. The number of carbonyl (C=O) groups excluding carboxylic acids is 2. The molecule has 10 heteroatoms. The first-order valence-corrected chi connectivity index (χ1v) is 13.5. The summed E-state index contributed by atoms with van der Waals surface area (Å²) in [7, 11) is 0.518. The molecule has 3 atom stereocenters. The maximum Gasteiger partial charge on any atom is 0.391 e. The van der Waals surface area contributed by atoms with Gasteiger partial charge in [0.05, 0.1) is 12.4 Å². The summed E-state index contributed by atoms with van der Waals surface area (Å²) in [6.45, 7) is 0.142. The Hall–Kier alpha value is -4.34. The molecule has 2 amide bonds. The van der Waals surface area contributed by atoms with Crippen LogP contribution in [-0.4, -0.2) is 35.0 Å².